The lowest BCUT2D eigenvalue weighted by Crippen LogP contribution is -2.57. The molecule has 1 aliphatic rings. The smallest absolute Gasteiger partial charge is 0.353 e. The highest BCUT2D eigenvalue weighted by Gasteiger charge is 2.62. The lowest BCUT2D eigenvalue weighted by atomic mass is 9.84. The van der Waals surface area contributed by atoms with Crippen LogP contribution in [0.4, 0.5) is 13.2 Å². The van der Waals surface area contributed by atoms with E-state index in [9.17, 15) is 18.0 Å². The Morgan fingerprint density at radius 3 is 2.33 bits per heavy atom. The molecule has 2 rings (SSSR count). The summed E-state index contributed by atoms with van der Waals surface area (Å²) in [6, 6.07) is 9.32. The van der Waals surface area contributed by atoms with Crippen LogP contribution in [0.5, 0.6) is 0 Å². The molecule has 0 spiro atoms. The average molecular weight is 408 g/mol. The highest BCUT2D eigenvalue weighted by Crippen LogP contribution is 2.46. The Labute approximate surface area is 165 Å². The Kier molecular flexibility index (Phi) is 8.14. The summed E-state index contributed by atoms with van der Waals surface area (Å²) in [6.07, 6.45) is -3.66. The molecule has 3 N–H and O–H groups in total. The minimum absolute atomic E-state index is 0. The molecule has 27 heavy (non-hydrogen) atoms. The number of amides is 1. The third-order valence-corrected chi connectivity index (χ3v) is 5.58. The fourth-order valence-electron chi connectivity index (χ4n) is 3.34. The predicted octanol–water partition coefficient (Wildman–Crippen LogP) is 3.50. The van der Waals surface area contributed by atoms with Crippen molar-refractivity contribution < 1.29 is 18.0 Å². The first kappa shape index (κ1) is 23.7. The van der Waals surface area contributed by atoms with Crippen LogP contribution in [0.2, 0.25) is 0 Å². The Hall–Kier alpha value is -1.31. The van der Waals surface area contributed by atoms with Gasteiger partial charge >= 0.3 is 6.18 Å². The first-order valence-corrected chi connectivity index (χ1v) is 9.06. The van der Waals surface area contributed by atoms with E-state index >= 15 is 0 Å². The number of hydrogen-bond acceptors (Lipinski definition) is 3. The number of likely N-dealkylation sites (tertiary alicyclic amines) is 1. The number of nitrogens with one attached hydrogen (secondary N) is 1. The maximum atomic E-state index is 13.8. The van der Waals surface area contributed by atoms with Crippen molar-refractivity contribution in [3.63, 3.8) is 0 Å². The Morgan fingerprint density at radius 2 is 1.81 bits per heavy atom. The summed E-state index contributed by atoms with van der Waals surface area (Å²) in [5.41, 5.74) is 4.01. The molecule has 154 valence electrons. The van der Waals surface area contributed by atoms with Gasteiger partial charge in [0.1, 0.15) is 0 Å². The van der Waals surface area contributed by atoms with Crippen LogP contribution in [0, 0.1) is 5.41 Å². The van der Waals surface area contributed by atoms with E-state index in [1.54, 1.807) is 4.90 Å². The summed E-state index contributed by atoms with van der Waals surface area (Å²) in [7, 11) is 0. The first-order chi connectivity index (χ1) is 12.2. The maximum absolute atomic E-state index is 13.8. The van der Waals surface area contributed by atoms with Gasteiger partial charge in [-0.1, -0.05) is 44.2 Å². The van der Waals surface area contributed by atoms with Gasteiger partial charge in [0.25, 0.3) is 0 Å². The van der Waals surface area contributed by atoms with Gasteiger partial charge in [-0.25, -0.2) is 0 Å². The van der Waals surface area contributed by atoms with Gasteiger partial charge in [-0.15, -0.1) is 12.4 Å². The number of carbonyl (C=O) groups excluding carboxylic acids is 1. The highest BCUT2D eigenvalue weighted by atomic mass is 35.5. The number of alkyl halides is 3. The van der Waals surface area contributed by atoms with Gasteiger partial charge in [-0.2, -0.15) is 13.2 Å². The minimum Gasteiger partial charge on any atom is -0.353 e. The standard InChI is InChI=1S/C19H28F3N3O.ClH/c1-3-17(23,4-2)13-24-16(26)18(19(20,21)22)10-11-25(14-18)12-15-8-6-5-7-9-15;/h5-9H,3-4,10-14,23H2,1-2H3,(H,24,26);1H. The molecular weight excluding hydrogens is 379 g/mol. The van der Waals surface area contributed by atoms with E-state index in [2.05, 4.69) is 5.32 Å². The third-order valence-electron chi connectivity index (χ3n) is 5.58. The van der Waals surface area contributed by atoms with Crippen molar-refractivity contribution in [2.75, 3.05) is 19.6 Å². The SMILES string of the molecule is CCC(N)(CC)CNC(=O)C1(C(F)(F)F)CCN(Cc2ccccc2)C1.Cl. The molecule has 1 aliphatic heterocycles. The summed E-state index contributed by atoms with van der Waals surface area (Å²) in [5, 5.41) is 2.49. The van der Waals surface area contributed by atoms with Gasteiger partial charge < -0.3 is 11.1 Å². The van der Waals surface area contributed by atoms with Gasteiger partial charge in [-0.05, 0) is 31.4 Å². The zero-order valence-electron chi connectivity index (χ0n) is 15.8. The Morgan fingerprint density at radius 1 is 1.22 bits per heavy atom. The summed E-state index contributed by atoms with van der Waals surface area (Å²) >= 11 is 0. The maximum Gasteiger partial charge on any atom is 0.404 e. The van der Waals surface area contributed by atoms with Crippen molar-refractivity contribution >= 4 is 18.3 Å². The molecule has 0 saturated carbocycles. The first-order valence-electron chi connectivity index (χ1n) is 9.06. The minimum atomic E-state index is -4.60. The molecule has 1 amide bonds. The van der Waals surface area contributed by atoms with Crippen molar-refractivity contribution in [1.82, 2.24) is 10.2 Å². The molecule has 0 bridgehead atoms. The molecule has 0 aromatic heterocycles. The molecule has 1 unspecified atom stereocenters. The third kappa shape index (κ3) is 5.36. The summed E-state index contributed by atoms with van der Waals surface area (Å²) in [5.74, 6) is -0.961. The number of rotatable bonds is 7. The second-order valence-electron chi connectivity index (χ2n) is 7.28. The molecular formula is C19H29ClF3N3O. The van der Waals surface area contributed by atoms with E-state index in [-0.39, 0.29) is 38.5 Å². The Bertz CT molecular complexity index is 608. The van der Waals surface area contributed by atoms with Crippen molar-refractivity contribution in [2.24, 2.45) is 11.1 Å². The van der Waals surface area contributed by atoms with Gasteiger partial charge in [0.15, 0.2) is 5.41 Å². The molecule has 1 aromatic rings. The molecule has 1 saturated heterocycles. The number of halogens is 4. The zero-order chi connectivity index (χ0) is 19.4. The average Bonchev–Trinajstić information content (AvgIpc) is 3.05. The summed E-state index contributed by atoms with van der Waals surface area (Å²) < 4.78 is 41.5. The molecule has 1 heterocycles. The quantitative estimate of drug-likeness (QED) is 0.727. The monoisotopic (exact) mass is 407 g/mol. The molecule has 1 atom stereocenters. The van der Waals surface area contributed by atoms with Crippen LogP contribution in [0.3, 0.4) is 0 Å². The van der Waals surface area contributed by atoms with E-state index in [1.165, 1.54) is 0 Å². The summed E-state index contributed by atoms with van der Waals surface area (Å²) in [4.78, 5) is 14.3. The van der Waals surface area contributed by atoms with Gasteiger partial charge in [-0.3, -0.25) is 9.69 Å². The van der Waals surface area contributed by atoms with Gasteiger partial charge in [0, 0.05) is 25.2 Å². The Balaban J connectivity index is 0.00000364. The molecule has 4 nitrogen and oxygen atoms in total. The fourth-order valence-corrected chi connectivity index (χ4v) is 3.34. The zero-order valence-corrected chi connectivity index (χ0v) is 16.6. The van der Waals surface area contributed by atoms with Crippen LogP contribution < -0.4 is 11.1 Å². The van der Waals surface area contributed by atoms with Crippen molar-refractivity contribution in [2.45, 2.75) is 51.4 Å². The molecule has 0 radical (unpaired) electrons. The fraction of sp³-hybridized carbons (Fsp3) is 0.632. The van der Waals surface area contributed by atoms with Crippen LogP contribution in [0.25, 0.3) is 0 Å². The molecule has 1 aromatic carbocycles. The number of nitrogens with zero attached hydrogens (tertiary/aromatic N) is 1. The molecule has 0 aliphatic carbocycles. The normalized spacial score (nSPS) is 21.0. The number of nitrogens with two attached hydrogens (primary N) is 1. The molecule has 8 heteroatoms. The van der Waals surface area contributed by atoms with E-state index in [4.69, 9.17) is 5.73 Å². The van der Waals surface area contributed by atoms with Crippen LogP contribution in [-0.4, -0.2) is 42.2 Å². The topological polar surface area (TPSA) is 58.4 Å². The van der Waals surface area contributed by atoms with Crippen LogP contribution in [-0.2, 0) is 11.3 Å². The molecule has 1 fully saturated rings. The van der Waals surface area contributed by atoms with Crippen molar-refractivity contribution in [3.8, 4) is 0 Å². The lowest BCUT2D eigenvalue weighted by Gasteiger charge is -2.33. The second-order valence-corrected chi connectivity index (χ2v) is 7.28. The number of benzene rings is 1. The van der Waals surface area contributed by atoms with E-state index < -0.39 is 23.0 Å². The van der Waals surface area contributed by atoms with E-state index in [0.29, 0.717) is 19.4 Å². The van der Waals surface area contributed by atoms with Crippen LogP contribution in [0.15, 0.2) is 30.3 Å². The van der Waals surface area contributed by atoms with E-state index in [1.807, 2.05) is 44.2 Å². The van der Waals surface area contributed by atoms with Crippen LogP contribution >= 0.6 is 12.4 Å². The largest absolute Gasteiger partial charge is 0.404 e. The predicted molar refractivity (Wildman–Crippen MR) is 103 cm³/mol. The van der Waals surface area contributed by atoms with E-state index in [0.717, 1.165) is 5.56 Å². The van der Waals surface area contributed by atoms with Crippen molar-refractivity contribution in [1.29, 1.82) is 0 Å². The van der Waals surface area contributed by atoms with Gasteiger partial charge in [0.2, 0.25) is 5.91 Å². The lowest BCUT2D eigenvalue weighted by molar-refractivity contribution is -0.218. The number of hydrogen-bond donors (Lipinski definition) is 2. The van der Waals surface area contributed by atoms with Gasteiger partial charge in [0.05, 0.1) is 0 Å². The van der Waals surface area contributed by atoms with Crippen LogP contribution in [0.1, 0.15) is 38.7 Å². The second kappa shape index (κ2) is 9.26. The summed E-state index contributed by atoms with van der Waals surface area (Å²) in [6.45, 7) is 4.09. The number of carbonyl (C=O) groups is 1. The van der Waals surface area contributed by atoms with Crippen molar-refractivity contribution in [3.05, 3.63) is 35.9 Å². The highest BCUT2D eigenvalue weighted by molar-refractivity contribution is 5.85.